The van der Waals surface area contributed by atoms with Crippen LogP contribution in [0.25, 0.3) is 0 Å². The first-order valence-electron chi connectivity index (χ1n) is 4.01. The van der Waals surface area contributed by atoms with Gasteiger partial charge in [-0.3, -0.25) is 0 Å². The monoisotopic (exact) mass is 176 g/mol. The second-order valence-corrected chi connectivity index (χ2v) is 3.45. The first-order valence-corrected chi connectivity index (χ1v) is 4.01. The van der Waals surface area contributed by atoms with Crippen molar-refractivity contribution in [2.45, 2.75) is 26.3 Å². The zero-order valence-electron chi connectivity index (χ0n) is 8.00. The number of hydrogen-bond acceptors (Lipinski definition) is 4. The molecule has 0 saturated heterocycles. The van der Waals surface area contributed by atoms with Crippen LogP contribution in [-0.4, -0.2) is 15.5 Å². The molecule has 1 N–H and O–H groups in total. The van der Waals surface area contributed by atoms with Crippen molar-refractivity contribution in [2.75, 3.05) is 5.32 Å². The summed E-state index contributed by atoms with van der Waals surface area (Å²) in [5, 5.41) is 11.7. The van der Waals surface area contributed by atoms with Crippen molar-refractivity contribution >= 4 is 5.95 Å². The first-order chi connectivity index (χ1) is 6.03. The van der Waals surface area contributed by atoms with Gasteiger partial charge in [0.25, 0.3) is 0 Å². The van der Waals surface area contributed by atoms with E-state index in [2.05, 4.69) is 21.4 Å². The van der Waals surface area contributed by atoms with Crippen molar-refractivity contribution in [3.05, 3.63) is 18.0 Å². The van der Waals surface area contributed by atoms with Crippen LogP contribution in [0.1, 0.15) is 19.4 Å². The Morgan fingerprint density at radius 2 is 1.92 bits per heavy atom. The first kappa shape index (κ1) is 9.46. The van der Waals surface area contributed by atoms with Gasteiger partial charge < -0.3 is 5.32 Å². The minimum absolute atomic E-state index is 0.483. The van der Waals surface area contributed by atoms with Gasteiger partial charge >= 0.3 is 0 Å². The molecule has 1 heterocycles. The summed E-state index contributed by atoms with van der Waals surface area (Å²) >= 11 is 0. The van der Waals surface area contributed by atoms with E-state index >= 15 is 0 Å². The molecule has 0 spiro atoms. The maximum Gasteiger partial charge on any atom is 0.223 e. The molecule has 68 valence electrons. The molecule has 0 unspecified atom stereocenters. The van der Waals surface area contributed by atoms with E-state index in [1.54, 1.807) is 26.2 Å². The lowest BCUT2D eigenvalue weighted by Gasteiger charge is -2.16. The zero-order valence-corrected chi connectivity index (χ0v) is 8.00. The number of nitrogens with one attached hydrogen (secondary N) is 1. The summed E-state index contributed by atoms with van der Waals surface area (Å²) in [6.45, 7) is 5.46. The number of nitriles is 1. The van der Waals surface area contributed by atoms with Crippen molar-refractivity contribution in [1.29, 1.82) is 5.26 Å². The molecule has 0 saturated carbocycles. The molecule has 0 aliphatic heterocycles. The molecule has 1 aromatic heterocycles. The van der Waals surface area contributed by atoms with E-state index in [0.717, 1.165) is 5.56 Å². The van der Waals surface area contributed by atoms with Crippen LogP contribution in [0.3, 0.4) is 0 Å². The van der Waals surface area contributed by atoms with Crippen LogP contribution in [-0.2, 0) is 0 Å². The van der Waals surface area contributed by atoms with Crippen molar-refractivity contribution in [3.8, 4) is 6.07 Å². The molecule has 1 aromatic rings. The molecule has 0 aromatic carbocycles. The van der Waals surface area contributed by atoms with Gasteiger partial charge in [0.15, 0.2) is 0 Å². The molecule has 0 amide bonds. The molecule has 0 aliphatic rings. The van der Waals surface area contributed by atoms with E-state index in [0.29, 0.717) is 5.95 Å². The van der Waals surface area contributed by atoms with E-state index in [-0.39, 0.29) is 0 Å². The number of anilines is 1. The third kappa shape index (κ3) is 2.71. The second kappa shape index (κ2) is 3.40. The summed E-state index contributed by atoms with van der Waals surface area (Å²) in [5.41, 5.74) is 0.371. The lowest BCUT2D eigenvalue weighted by Crippen LogP contribution is -2.29. The molecule has 4 heteroatoms. The quantitative estimate of drug-likeness (QED) is 0.741. The Bertz CT molecular complexity index is 320. The zero-order chi connectivity index (χ0) is 9.90. The van der Waals surface area contributed by atoms with Crippen LogP contribution >= 0.6 is 0 Å². The van der Waals surface area contributed by atoms with E-state index in [1.165, 1.54) is 0 Å². The van der Waals surface area contributed by atoms with Crippen LogP contribution < -0.4 is 5.32 Å². The van der Waals surface area contributed by atoms with E-state index in [4.69, 9.17) is 5.26 Å². The van der Waals surface area contributed by atoms with Gasteiger partial charge in [-0.25, -0.2) is 9.97 Å². The van der Waals surface area contributed by atoms with E-state index in [1.807, 2.05) is 6.92 Å². The van der Waals surface area contributed by atoms with Crippen LogP contribution in [0, 0.1) is 18.3 Å². The van der Waals surface area contributed by atoms with Gasteiger partial charge in [-0.2, -0.15) is 5.26 Å². The summed E-state index contributed by atoms with van der Waals surface area (Å²) in [4.78, 5) is 8.08. The summed E-state index contributed by atoms with van der Waals surface area (Å²) in [7, 11) is 0. The average Bonchev–Trinajstić information content (AvgIpc) is 2.09. The fourth-order valence-electron chi connectivity index (χ4n) is 0.765. The topological polar surface area (TPSA) is 61.6 Å². The Hall–Kier alpha value is -1.63. The van der Waals surface area contributed by atoms with Crippen molar-refractivity contribution in [2.24, 2.45) is 0 Å². The van der Waals surface area contributed by atoms with E-state index < -0.39 is 5.54 Å². The summed E-state index contributed by atoms with van der Waals surface area (Å²) < 4.78 is 0. The average molecular weight is 176 g/mol. The molecular weight excluding hydrogens is 164 g/mol. The second-order valence-electron chi connectivity index (χ2n) is 3.45. The molecule has 0 bridgehead atoms. The maximum atomic E-state index is 8.74. The van der Waals surface area contributed by atoms with Gasteiger partial charge in [0.1, 0.15) is 5.54 Å². The van der Waals surface area contributed by atoms with Gasteiger partial charge in [-0.1, -0.05) is 0 Å². The van der Waals surface area contributed by atoms with Crippen LogP contribution in [0.15, 0.2) is 12.4 Å². The highest BCUT2D eigenvalue weighted by atomic mass is 15.1. The van der Waals surface area contributed by atoms with Gasteiger partial charge in [-0.05, 0) is 26.3 Å². The Morgan fingerprint density at radius 1 is 1.38 bits per heavy atom. The summed E-state index contributed by atoms with van der Waals surface area (Å²) in [6.07, 6.45) is 3.42. The lowest BCUT2D eigenvalue weighted by atomic mass is 10.1. The van der Waals surface area contributed by atoms with Gasteiger partial charge in [0.05, 0.1) is 6.07 Å². The van der Waals surface area contributed by atoms with E-state index in [9.17, 15) is 0 Å². The summed E-state index contributed by atoms with van der Waals surface area (Å²) in [5.74, 6) is 0.483. The third-order valence-electron chi connectivity index (χ3n) is 1.48. The minimum atomic E-state index is -0.630. The smallest absolute Gasteiger partial charge is 0.223 e. The minimum Gasteiger partial charge on any atom is -0.336 e. The van der Waals surface area contributed by atoms with Gasteiger partial charge in [-0.15, -0.1) is 0 Å². The van der Waals surface area contributed by atoms with Crippen LogP contribution in [0.5, 0.6) is 0 Å². The molecule has 0 radical (unpaired) electrons. The molecule has 0 fully saturated rings. The lowest BCUT2D eigenvalue weighted by molar-refractivity contribution is 0.716. The fraction of sp³-hybridized carbons (Fsp3) is 0.444. The molecule has 4 nitrogen and oxygen atoms in total. The Labute approximate surface area is 77.6 Å². The standard InChI is InChI=1S/C9H12N4/c1-7-4-11-8(12-5-7)13-9(2,3)6-10/h4-5H,1-3H3,(H,11,12,13). The highest BCUT2D eigenvalue weighted by molar-refractivity contribution is 5.32. The Balaban J connectivity index is 2.77. The number of aromatic nitrogens is 2. The molecule has 0 aliphatic carbocycles. The molecule has 13 heavy (non-hydrogen) atoms. The fourth-order valence-corrected chi connectivity index (χ4v) is 0.765. The number of aryl methyl sites for hydroxylation is 1. The molecule has 1 rings (SSSR count). The van der Waals surface area contributed by atoms with Gasteiger partial charge in [0, 0.05) is 12.4 Å². The Morgan fingerprint density at radius 3 is 2.38 bits per heavy atom. The van der Waals surface area contributed by atoms with Crippen molar-refractivity contribution < 1.29 is 0 Å². The molecular formula is C9H12N4. The van der Waals surface area contributed by atoms with Crippen LogP contribution in [0.4, 0.5) is 5.95 Å². The van der Waals surface area contributed by atoms with Crippen molar-refractivity contribution in [3.63, 3.8) is 0 Å². The number of hydrogen-bond donors (Lipinski definition) is 1. The SMILES string of the molecule is Cc1cnc(NC(C)(C)C#N)nc1. The predicted molar refractivity (Wildman–Crippen MR) is 50.1 cm³/mol. The largest absolute Gasteiger partial charge is 0.336 e. The summed E-state index contributed by atoms with van der Waals surface area (Å²) in [6, 6.07) is 2.11. The Kier molecular flexibility index (Phi) is 2.47. The third-order valence-corrected chi connectivity index (χ3v) is 1.48. The normalized spacial score (nSPS) is 10.6. The maximum absolute atomic E-state index is 8.74. The highest BCUT2D eigenvalue weighted by Gasteiger charge is 2.16. The van der Waals surface area contributed by atoms with Crippen LogP contribution in [0.2, 0.25) is 0 Å². The van der Waals surface area contributed by atoms with Crippen molar-refractivity contribution in [1.82, 2.24) is 9.97 Å². The highest BCUT2D eigenvalue weighted by Crippen LogP contribution is 2.08. The van der Waals surface area contributed by atoms with Gasteiger partial charge in [0.2, 0.25) is 5.95 Å². The number of rotatable bonds is 2. The molecule has 0 atom stereocenters. The number of nitrogens with zero attached hydrogens (tertiary/aromatic N) is 3. The predicted octanol–water partition coefficient (Wildman–Crippen LogP) is 1.50.